The van der Waals surface area contributed by atoms with Crippen LogP contribution in [0.4, 0.5) is 0 Å². The molecule has 1 aliphatic rings. The third-order valence-electron chi connectivity index (χ3n) is 2.34. The molecular weight excluding hydrogens is 200 g/mol. The molecule has 0 heterocycles. The number of aliphatic carboxylic acids is 1. The maximum Gasteiger partial charge on any atom is 0.340 e. The van der Waals surface area contributed by atoms with Crippen LogP contribution in [0.15, 0.2) is 23.7 Å². The normalized spacial score (nSPS) is 25.3. The second-order valence-electron chi connectivity index (χ2n) is 3.14. The van der Waals surface area contributed by atoms with Crippen molar-refractivity contribution in [3.63, 3.8) is 0 Å². The highest BCUT2D eigenvalue weighted by molar-refractivity contribution is 5.81. The molecular formula is C10H14O5. The Morgan fingerprint density at radius 3 is 2.47 bits per heavy atom. The molecule has 0 aliphatic heterocycles. The summed E-state index contributed by atoms with van der Waals surface area (Å²) in [6, 6.07) is 0. The minimum absolute atomic E-state index is 0.155. The van der Waals surface area contributed by atoms with Gasteiger partial charge in [-0.3, -0.25) is 0 Å². The SMILES string of the molecule is COC1=CC(OC)(C(=O)O)CC(OC)=C1. The van der Waals surface area contributed by atoms with Gasteiger partial charge in [0.25, 0.3) is 0 Å². The number of carboxylic acid groups (broad SMARTS) is 1. The third-order valence-corrected chi connectivity index (χ3v) is 2.34. The van der Waals surface area contributed by atoms with Gasteiger partial charge in [0.05, 0.1) is 14.2 Å². The number of carbonyl (C=O) groups is 1. The molecule has 0 saturated carbocycles. The lowest BCUT2D eigenvalue weighted by atomic mass is 9.93. The molecule has 1 atom stereocenters. The maximum absolute atomic E-state index is 11.1. The summed E-state index contributed by atoms with van der Waals surface area (Å²) in [5, 5.41) is 9.11. The van der Waals surface area contributed by atoms with Gasteiger partial charge in [-0.2, -0.15) is 0 Å². The minimum Gasteiger partial charge on any atom is -0.501 e. The fourth-order valence-electron chi connectivity index (χ4n) is 1.40. The first-order valence-electron chi connectivity index (χ1n) is 4.38. The molecule has 0 aromatic heterocycles. The second kappa shape index (κ2) is 4.35. The summed E-state index contributed by atoms with van der Waals surface area (Å²) < 4.78 is 15.0. The molecule has 1 N–H and O–H groups in total. The van der Waals surface area contributed by atoms with Gasteiger partial charge in [0.15, 0.2) is 5.60 Å². The van der Waals surface area contributed by atoms with E-state index in [0.717, 1.165) is 0 Å². The fourth-order valence-corrected chi connectivity index (χ4v) is 1.40. The number of ether oxygens (including phenoxy) is 3. The zero-order valence-corrected chi connectivity index (χ0v) is 8.94. The average Bonchev–Trinajstić information content (AvgIpc) is 2.27. The van der Waals surface area contributed by atoms with Gasteiger partial charge in [0.2, 0.25) is 0 Å². The van der Waals surface area contributed by atoms with Gasteiger partial charge < -0.3 is 19.3 Å². The van der Waals surface area contributed by atoms with Crippen molar-refractivity contribution < 1.29 is 24.1 Å². The van der Waals surface area contributed by atoms with Crippen LogP contribution in [0.1, 0.15) is 6.42 Å². The first kappa shape index (κ1) is 11.6. The lowest BCUT2D eigenvalue weighted by Crippen LogP contribution is -2.41. The minimum atomic E-state index is -1.40. The summed E-state index contributed by atoms with van der Waals surface area (Å²) in [5.41, 5.74) is -1.40. The molecule has 1 aliphatic carbocycles. The second-order valence-corrected chi connectivity index (χ2v) is 3.14. The van der Waals surface area contributed by atoms with E-state index in [9.17, 15) is 4.79 Å². The van der Waals surface area contributed by atoms with Crippen molar-refractivity contribution in [1.82, 2.24) is 0 Å². The zero-order chi connectivity index (χ0) is 11.5. The number of hydrogen-bond donors (Lipinski definition) is 1. The Balaban J connectivity index is 3.09. The predicted octanol–water partition coefficient (Wildman–Crippen LogP) is 0.920. The standard InChI is InChI=1S/C10H14O5/c1-13-7-4-8(14-2)6-10(5-7,15-3)9(11)12/h4-5H,6H2,1-3H3,(H,11,12). The van der Waals surface area contributed by atoms with Gasteiger partial charge in [-0.05, 0) is 0 Å². The molecule has 0 aromatic carbocycles. The van der Waals surface area contributed by atoms with Crippen LogP contribution in [-0.4, -0.2) is 38.0 Å². The topological polar surface area (TPSA) is 65.0 Å². The van der Waals surface area contributed by atoms with Crippen molar-refractivity contribution in [3.05, 3.63) is 23.7 Å². The van der Waals surface area contributed by atoms with E-state index in [0.29, 0.717) is 11.5 Å². The largest absolute Gasteiger partial charge is 0.501 e. The summed E-state index contributed by atoms with van der Waals surface area (Å²) in [6.45, 7) is 0. The summed E-state index contributed by atoms with van der Waals surface area (Å²) in [7, 11) is 4.28. The Bertz CT molecular complexity index is 318. The van der Waals surface area contributed by atoms with Gasteiger partial charge in [-0.25, -0.2) is 4.79 Å². The Labute approximate surface area is 87.9 Å². The quantitative estimate of drug-likeness (QED) is 0.753. The highest BCUT2D eigenvalue weighted by Gasteiger charge is 2.41. The van der Waals surface area contributed by atoms with Crippen LogP contribution in [0.25, 0.3) is 0 Å². The van der Waals surface area contributed by atoms with Gasteiger partial charge in [0, 0.05) is 25.7 Å². The molecule has 0 saturated heterocycles. The molecule has 5 heteroatoms. The number of methoxy groups -OCH3 is 3. The number of allylic oxidation sites excluding steroid dienone is 1. The smallest absolute Gasteiger partial charge is 0.340 e. The molecule has 0 radical (unpaired) electrons. The van der Waals surface area contributed by atoms with E-state index in [2.05, 4.69) is 0 Å². The summed E-state index contributed by atoms with van der Waals surface area (Å²) in [4.78, 5) is 11.1. The number of hydrogen-bond acceptors (Lipinski definition) is 4. The summed E-state index contributed by atoms with van der Waals surface area (Å²) >= 11 is 0. The van der Waals surface area contributed by atoms with Crippen LogP contribution < -0.4 is 0 Å². The molecule has 1 unspecified atom stereocenters. The van der Waals surface area contributed by atoms with Crippen molar-refractivity contribution in [1.29, 1.82) is 0 Å². The first-order chi connectivity index (χ1) is 7.07. The Morgan fingerprint density at radius 2 is 2.07 bits per heavy atom. The van der Waals surface area contributed by atoms with Crippen LogP contribution >= 0.6 is 0 Å². The molecule has 0 spiro atoms. The van der Waals surface area contributed by atoms with Crippen LogP contribution in [-0.2, 0) is 19.0 Å². The van der Waals surface area contributed by atoms with Crippen molar-refractivity contribution >= 4 is 5.97 Å². The highest BCUT2D eigenvalue weighted by Crippen LogP contribution is 2.30. The monoisotopic (exact) mass is 214 g/mol. The van der Waals surface area contributed by atoms with E-state index < -0.39 is 11.6 Å². The Kier molecular flexibility index (Phi) is 3.36. The number of rotatable bonds is 4. The van der Waals surface area contributed by atoms with Gasteiger partial charge in [-0.15, -0.1) is 0 Å². The van der Waals surface area contributed by atoms with E-state index >= 15 is 0 Å². The molecule has 0 aromatic rings. The Morgan fingerprint density at radius 1 is 1.40 bits per heavy atom. The number of carboxylic acids is 1. The van der Waals surface area contributed by atoms with Crippen LogP contribution in [0, 0.1) is 0 Å². The van der Waals surface area contributed by atoms with Crippen molar-refractivity contribution in [3.8, 4) is 0 Å². The molecule has 5 nitrogen and oxygen atoms in total. The molecule has 84 valence electrons. The summed E-state index contributed by atoms with van der Waals surface area (Å²) in [6.07, 6.45) is 3.22. The van der Waals surface area contributed by atoms with E-state index in [4.69, 9.17) is 19.3 Å². The first-order valence-corrected chi connectivity index (χ1v) is 4.38. The van der Waals surface area contributed by atoms with Gasteiger partial charge >= 0.3 is 5.97 Å². The van der Waals surface area contributed by atoms with Crippen molar-refractivity contribution in [2.24, 2.45) is 0 Å². The van der Waals surface area contributed by atoms with Crippen molar-refractivity contribution in [2.45, 2.75) is 12.0 Å². The highest BCUT2D eigenvalue weighted by atomic mass is 16.5. The van der Waals surface area contributed by atoms with Crippen LogP contribution in [0.2, 0.25) is 0 Å². The van der Waals surface area contributed by atoms with Crippen molar-refractivity contribution in [2.75, 3.05) is 21.3 Å². The molecule has 15 heavy (non-hydrogen) atoms. The molecule has 0 amide bonds. The predicted molar refractivity (Wildman–Crippen MR) is 52.2 cm³/mol. The third kappa shape index (κ3) is 2.12. The van der Waals surface area contributed by atoms with Gasteiger partial charge in [-0.1, -0.05) is 0 Å². The van der Waals surface area contributed by atoms with E-state index in [1.54, 1.807) is 6.08 Å². The van der Waals surface area contributed by atoms with Crippen LogP contribution in [0.3, 0.4) is 0 Å². The summed E-state index contributed by atoms with van der Waals surface area (Å²) in [5.74, 6) is -0.136. The lowest BCUT2D eigenvalue weighted by Gasteiger charge is -2.28. The molecule has 1 rings (SSSR count). The molecule has 0 fully saturated rings. The van der Waals surface area contributed by atoms with E-state index in [1.807, 2.05) is 0 Å². The van der Waals surface area contributed by atoms with Crippen LogP contribution in [0.5, 0.6) is 0 Å². The molecule has 0 bridgehead atoms. The zero-order valence-electron chi connectivity index (χ0n) is 8.94. The average molecular weight is 214 g/mol. The Hall–Kier alpha value is -1.49. The fraction of sp³-hybridized carbons (Fsp3) is 0.500. The van der Waals surface area contributed by atoms with Gasteiger partial charge in [0.1, 0.15) is 11.5 Å². The van der Waals surface area contributed by atoms with E-state index in [-0.39, 0.29) is 6.42 Å². The lowest BCUT2D eigenvalue weighted by molar-refractivity contribution is -0.157. The van der Waals surface area contributed by atoms with E-state index in [1.165, 1.54) is 27.4 Å². The maximum atomic E-state index is 11.1.